The van der Waals surface area contributed by atoms with Crippen LogP contribution in [-0.2, 0) is 6.16 Å². The number of hydrogen-bond donors (Lipinski definition) is 0. The lowest BCUT2D eigenvalue weighted by molar-refractivity contribution is -0.00000741. The molecule has 0 fully saturated rings. The second-order valence-electron chi connectivity index (χ2n) is 7.52. The maximum absolute atomic E-state index is 12.6. The Morgan fingerprint density at radius 2 is 1.12 bits per heavy atom. The van der Waals surface area contributed by atoms with Crippen LogP contribution in [0, 0.1) is 0 Å². The molecule has 0 atom stereocenters. The minimum atomic E-state index is -2.01. The Balaban J connectivity index is 0.00000306. The lowest BCUT2D eigenvalue weighted by atomic mass is 10.2. The van der Waals surface area contributed by atoms with E-state index < -0.39 is 13.9 Å². The molecule has 0 aliphatic heterocycles. The number of ether oxygens (including phenoxy) is 2. The molecule has 0 radical (unpaired) electrons. The third kappa shape index (κ3) is 5.55. The Labute approximate surface area is 202 Å². The van der Waals surface area contributed by atoms with Gasteiger partial charge in [-0.15, -0.1) is 0 Å². The van der Waals surface area contributed by atoms with E-state index in [9.17, 15) is 4.39 Å². The fourth-order valence-corrected chi connectivity index (χ4v) is 8.27. The minimum absolute atomic E-state index is 0. The van der Waals surface area contributed by atoms with Crippen molar-refractivity contribution in [2.24, 2.45) is 0 Å². The average Bonchev–Trinajstić information content (AvgIpc) is 2.88. The molecule has 170 valence electrons. The van der Waals surface area contributed by atoms with Gasteiger partial charge in [0.1, 0.15) is 48.0 Å². The zero-order valence-corrected chi connectivity index (χ0v) is 20.2. The van der Waals surface area contributed by atoms with Gasteiger partial charge in [0.05, 0.1) is 13.3 Å². The summed E-state index contributed by atoms with van der Waals surface area (Å²) in [4.78, 5) is 0. The van der Waals surface area contributed by atoms with Gasteiger partial charge in [0.25, 0.3) is 0 Å². The van der Waals surface area contributed by atoms with Gasteiger partial charge < -0.3 is 21.9 Å². The highest BCUT2D eigenvalue weighted by molar-refractivity contribution is 7.95. The summed E-state index contributed by atoms with van der Waals surface area (Å²) in [6.07, 6.45) is 0.885. The predicted molar refractivity (Wildman–Crippen MR) is 133 cm³/mol. The van der Waals surface area contributed by atoms with Crippen molar-refractivity contribution in [1.29, 1.82) is 0 Å². The van der Waals surface area contributed by atoms with Gasteiger partial charge in [0.2, 0.25) is 0 Å². The molecule has 0 spiro atoms. The highest BCUT2D eigenvalue weighted by atomic mass is 35.5. The normalized spacial score (nSPS) is 10.8. The molecular weight excluding hydrogens is 454 g/mol. The lowest BCUT2D eigenvalue weighted by Gasteiger charge is -2.28. The molecule has 0 bridgehead atoms. The smallest absolute Gasteiger partial charge is 0.123 e. The molecule has 0 aliphatic carbocycles. The number of methoxy groups -OCH3 is 1. The molecule has 5 heteroatoms. The molecule has 33 heavy (non-hydrogen) atoms. The fraction of sp³-hybridized carbons (Fsp3) is 0.143. The first kappa shape index (κ1) is 24.8. The van der Waals surface area contributed by atoms with E-state index >= 15 is 0 Å². The quantitative estimate of drug-likeness (QED) is 0.343. The summed E-state index contributed by atoms with van der Waals surface area (Å²) in [5.74, 6) is 1.54. The van der Waals surface area contributed by atoms with E-state index in [0.29, 0.717) is 5.75 Å². The number of alkyl halides is 1. The van der Waals surface area contributed by atoms with Crippen molar-refractivity contribution in [1.82, 2.24) is 0 Å². The summed E-state index contributed by atoms with van der Waals surface area (Å²) < 4.78 is 23.4. The SMILES string of the molecule is COc1ccc(C[P+](c2ccccc2)(c2ccccc2)c2ccc(OCCF)cc2)cc1.[Cl-]. The standard InChI is InChI=1S/C28H27FO2P.ClH/c1-30-24-14-12-23(13-15-24)22-32(26-8-4-2-5-9-26,27-10-6-3-7-11-27)28-18-16-25(17-19-28)31-21-20-29;/h2-19H,20-22H2,1H3;1H/q+1;/p-1. The summed E-state index contributed by atoms with van der Waals surface area (Å²) in [6, 6.07) is 38.0. The molecule has 0 saturated heterocycles. The molecule has 0 heterocycles. The van der Waals surface area contributed by atoms with Crippen LogP contribution in [-0.4, -0.2) is 20.4 Å². The number of rotatable bonds is 9. The Kier molecular flexibility index (Phi) is 8.88. The van der Waals surface area contributed by atoms with Crippen LogP contribution in [0.2, 0.25) is 0 Å². The maximum atomic E-state index is 12.6. The van der Waals surface area contributed by atoms with Crippen LogP contribution < -0.4 is 37.8 Å². The van der Waals surface area contributed by atoms with Crippen molar-refractivity contribution in [3.63, 3.8) is 0 Å². The van der Waals surface area contributed by atoms with Crippen molar-refractivity contribution in [3.05, 3.63) is 115 Å². The highest BCUT2D eigenvalue weighted by Crippen LogP contribution is 2.58. The molecule has 2 nitrogen and oxygen atoms in total. The summed E-state index contributed by atoms with van der Waals surface area (Å²) in [5.41, 5.74) is 1.25. The molecule has 4 aromatic carbocycles. The highest BCUT2D eigenvalue weighted by Gasteiger charge is 2.45. The molecule has 4 rings (SSSR count). The molecular formula is C28H27ClFO2P. The minimum Gasteiger partial charge on any atom is -1.00 e. The van der Waals surface area contributed by atoms with Crippen molar-refractivity contribution in [2.75, 3.05) is 20.4 Å². The van der Waals surface area contributed by atoms with Gasteiger partial charge in [-0.25, -0.2) is 4.39 Å². The summed E-state index contributed by atoms with van der Waals surface area (Å²) >= 11 is 0. The molecule has 0 unspecified atom stereocenters. The van der Waals surface area contributed by atoms with E-state index in [1.807, 2.05) is 24.3 Å². The molecule has 0 N–H and O–H groups in total. The largest absolute Gasteiger partial charge is 1.00 e. The number of hydrogen-bond acceptors (Lipinski definition) is 2. The lowest BCUT2D eigenvalue weighted by Crippen LogP contribution is -3.00. The van der Waals surface area contributed by atoms with Crippen LogP contribution in [0.15, 0.2) is 109 Å². The zero-order valence-electron chi connectivity index (χ0n) is 18.5. The average molecular weight is 481 g/mol. The van der Waals surface area contributed by atoms with Crippen molar-refractivity contribution < 1.29 is 26.3 Å². The predicted octanol–water partition coefficient (Wildman–Crippen LogP) is 2.54. The van der Waals surface area contributed by atoms with Crippen LogP contribution >= 0.6 is 7.26 Å². The second kappa shape index (κ2) is 11.8. The Bertz CT molecular complexity index is 1060. The second-order valence-corrected chi connectivity index (χ2v) is 11.0. The van der Waals surface area contributed by atoms with E-state index in [2.05, 4.69) is 84.9 Å². The van der Waals surface area contributed by atoms with Gasteiger partial charge in [-0.05, 0) is 66.2 Å². The van der Waals surface area contributed by atoms with Gasteiger partial charge in [-0.3, -0.25) is 0 Å². The Hall–Kier alpha value is -2.87. The van der Waals surface area contributed by atoms with Gasteiger partial charge in [-0.1, -0.05) is 48.5 Å². The fourth-order valence-electron chi connectivity index (χ4n) is 4.04. The molecule has 0 aromatic heterocycles. The van der Waals surface area contributed by atoms with Crippen LogP contribution in [0.1, 0.15) is 5.56 Å². The van der Waals surface area contributed by atoms with Crippen molar-refractivity contribution >= 4 is 23.2 Å². The zero-order chi connectivity index (χ0) is 22.2. The van der Waals surface area contributed by atoms with Gasteiger partial charge in [0, 0.05) is 0 Å². The molecule has 0 saturated carbocycles. The van der Waals surface area contributed by atoms with Gasteiger partial charge in [-0.2, -0.15) is 0 Å². The van der Waals surface area contributed by atoms with E-state index in [1.165, 1.54) is 21.5 Å². The van der Waals surface area contributed by atoms with E-state index in [4.69, 9.17) is 9.47 Å². The number of benzene rings is 4. The first-order chi connectivity index (χ1) is 15.8. The van der Waals surface area contributed by atoms with Crippen molar-refractivity contribution in [2.45, 2.75) is 6.16 Å². The summed E-state index contributed by atoms with van der Waals surface area (Å²) in [6.45, 7) is -0.424. The monoisotopic (exact) mass is 480 g/mol. The maximum Gasteiger partial charge on any atom is 0.123 e. The molecule has 0 aliphatic rings. The third-order valence-corrected chi connectivity index (χ3v) is 9.97. The first-order valence-corrected chi connectivity index (χ1v) is 12.7. The van der Waals surface area contributed by atoms with Crippen LogP contribution in [0.4, 0.5) is 4.39 Å². The van der Waals surface area contributed by atoms with Crippen LogP contribution in [0.3, 0.4) is 0 Å². The Morgan fingerprint density at radius 3 is 1.61 bits per heavy atom. The first-order valence-electron chi connectivity index (χ1n) is 10.7. The van der Waals surface area contributed by atoms with Crippen LogP contribution in [0.5, 0.6) is 11.5 Å². The molecule has 4 aromatic rings. The number of halogens is 2. The van der Waals surface area contributed by atoms with Gasteiger partial charge in [0.15, 0.2) is 0 Å². The van der Waals surface area contributed by atoms with Crippen LogP contribution in [0.25, 0.3) is 0 Å². The summed E-state index contributed by atoms with van der Waals surface area (Å²) in [5, 5.41) is 3.90. The van der Waals surface area contributed by atoms with Crippen molar-refractivity contribution in [3.8, 4) is 11.5 Å². The van der Waals surface area contributed by atoms with E-state index in [-0.39, 0.29) is 19.0 Å². The third-order valence-electron chi connectivity index (χ3n) is 5.60. The Morgan fingerprint density at radius 1 is 0.636 bits per heavy atom. The summed E-state index contributed by atoms with van der Waals surface area (Å²) in [7, 11) is -0.328. The van der Waals surface area contributed by atoms with E-state index in [0.717, 1.165) is 11.9 Å². The molecule has 0 amide bonds. The van der Waals surface area contributed by atoms with E-state index in [1.54, 1.807) is 7.11 Å². The van der Waals surface area contributed by atoms with Gasteiger partial charge >= 0.3 is 0 Å². The topological polar surface area (TPSA) is 18.5 Å².